The number of nitrogens with zero attached hydrogens (tertiary/aromatic N) is 1. The van der Waals surface area contributed by atoms with E-state index in [0.29, 0.717) is 0 Å². The molecule has 0 heterocycles. The molecule has 0 saturated heterocycles. The van der Waals surface area contributed by atoms with Gasteiger partial charge >= 0.3 is 0 Å². The van der Waals surface area contributed by atoms with E-state index in [1.54, 1.807) is 0 Å². The van der Waals surface area contributed by atoms with E-state index in [9.17, 15) is 0 Å². The maximum Gasteiger partial charge on any atom is 0.0786 e. The van der Waals surface area contributed by atoms with Crippen LogP contribution in [0.2, 0.25) is 0 Å². The van der Waals surface area contributed by atoms with Crippen LogP contribution >= 0.6 is 0 Å². The van der Waals surface area contributed by atoms with Gasteiger partial charge in [0.15, 0.2) is 0 Å². The summed E-state index contributed by atoms with van der Waals surface area (Å²) in [6.07, 6.45) is 24.6. The molecule has 0 aromatic rings. The first-order valence-corrected chi connectivity index (χ1v) is 12.6. The molecule has 0 rings (SSSR count). The minimum absolute atomic E-state index is 0. The monoisotopic (exact) mass is 379 g/mol. The van der Waals surface area contributed by atoms with Gasteiger partial charge in [-0.2, -0.15) is 0 Å². The minimum atomic E-state index is 0. The summed E-state index contributed by atoms with van der Waals surface area (Å²) in [5, 5.41) is 0. The van der Waals surface area contributed by atoms with Crippen molar-refractivity contribution in [1.29, 1.82) is 0 Å². The second-order valence-electron chi connectivity index (χ2n) is 8.83. The lowest BCUT2D eigenvalue weighted by Gasteiger charge is -2.38. The second-order valence-corrected chi connectivity index (χ2v) is 8.83. The highest BCUT2D eigenvalue weighted by atomic mass is 15.3. The molecule has 162 valence electrons. The predicted octanol–water partition coefficient (Wildman–Crippen LogP) is 8.13. The maximum absolute atomic E-state index is 2.36. The van der Waals surface area contributed by atoms with Crippen molar-refractivity contribution >= 4 is 8.41 Å². The molecule has 27 heavy (non-hydrogen) atoms. The van der Waals surface area contributed by atoms with Gasteiger partial charge in [-0.1, -0.05) is 105 Å². The summed E-state index contributed by atoms with van der Waals surface area (Å²) in [4.78, 5) is 0. The highest BCUT2D eigenvalue weighted by molar-refractivity contribution is 5.75. The predicted molar refractivity (Wildman–Crippen MR) is 127 cm³/mol. The van der Waals surface area contributed by atoms with Gasteiger partial charge in [0.2, 0.25) is 0 Å². The van der Waals surface area contributed by atoms with Crippen LogP contribution in [0, 0.1) is 0 Å². The zero-order valence-corrected chi connectivity index (χ0v) is 19.9. The molecule has 0 atom stereocenters. The summed E-state index contributed by atoms with van der Waals surface area (Å²) < 4.78 is 1.40. The highest BCUT2D eigenvalue weighted by Crippen LogP contribution is 2.16. The maximum atomic E-state index is 2.36. The number of rotatable bonds is 21. The smallest absolute Gasteiger partial charge is 0.0786 e. The molecule has 4 radical (unpaired) electrons. The molecule has 0 spiro atoms. The molecule has 0 aliphatic carbocycles. The van der Waals surface area contributed by atoms with Gasteiger partial charge < -0.3 is 12.9 Å². The van der Waals surface area contributed by atoms with Crippen molar-refractivity contribution in [3.8, 4) is 0 Å². The van der Waals surface area contributed by atoms with E-state index < -0.39 is 0 Å². The third-order valence-electron chi connectivity index (χ3n) is 6.08. The van der Waals surface area contributed by atoms with Gasteiger partial charge in [0.05, 0.1) is 26.2 Å². The Morgan fingerprint density at radius 3 is 0.926 bits per heavy atom. The van der Waals surface area contributed by atoms with E-state index in [1.807, 2.05) is 0 Å². The van der Waals surface area contributed by atoms with Gasteiger partial charge in [-0.05, 0) is 32.1 Å². The lowest BCUT2D eigenvalue weighted by atomic mass is 10.0. The summed E-state index contributed by atoms with van der Waals surface area (Å²) in [5.74, 6) is 0. The lowest BCUT2D eigenvalue weighted by molar-refractivity contribution is -0.928. The van der Waals surface area contributed by atoms with Gasteiger partial charge in [0.1, 0.15) is 0 Å². The SMILES string of the molecule is CCCCCCCCCCCCCCCC[N+](CCC)(CCC)CCC.[B-]. The van der Waals surface area contributed by atoms with Crippen molar-refractivity contribution < 1.29 is 4.48 Å². The van der Waals surface area contributed by atoms with Crippen molar-refractivity contribution in [1.82, 2.24) is 0 Å². The normalized spacial score (nSPS) is 11.6. The quantitative estimate of drug-likeness (QED) is 0.107. The Bertz CT molecular complexity index is 250. The number of quaternary nitrogens is 1. The van der Waals surface area contributed by atoms with Crippen molar-refractivity contribution in [3.05, 3.63) is 0 Å². The average molecular weight is 380 g/mol. The Kier molecular flexibility index (Phi) is 24.2. The molecular weight excluding hydrogens is 325 g/mol. The van der Waals surface area contributed by atoms with Crippen LogP contribution in [0.15, 0.2) is 0 Å². The molecule has 0 N–H and O–H groups in total. The molecule has 0 aliphatic rings. The molecule has 0 aromatic carbocycles. The van der Waals surface area contributed by atoms with Crippen LogP contribution in [0.4, 0.5) is 0 Å². The molecule has 1 nitrogen and oxygen atoms in total. The van der Waals surface area contributed by atoms with Crippen LogP contribution in [-0.2, 0) is 0 Å². The molecule has 0 aromatic heterocycles. The minimum Gasteiger partial charge on any atom is -1.00 e. The summed E-state index contributed by atoms with van der Waals surface area (Å²) in [6.45, 7) is 15.0. The lowest BCUT2D eigenvalue weighted by Crippen LogP contribution is -2.50. The van der Waals surface area contributed by atoms with Crippen molar-refractivity contribution in [2.24, 2.45) is 0 Å². The molecule has 2 heteroatoms. The number of hydrogen-bond donors (Lipinski definition) is 0. The van der Waals surface area contributed by atoms with Crippen LogP contribution in [0.25, 0.3) is 0 Å². The van der Waals surface area contributed by atoms with E-state index >= 15 is 0 Å². The fourth-order valence-corrected chi connectivity index (χ4v) is 4.74. The summed E-state index contributed by atoms with van der Waals surface area (Å²) in [7, 11) is 0. The van der Waals surface area contributed by atoms with Crippen molar-refractivity contribution in [2.45, 2.75) is 137 Å². The summed E-state index contributed by atoms with van der Waals surface area (Å²) in [6, 6.07) is 0. The zero-order chi connectivity index (χ0) is 19.3. The molecule has 0 unspecified atom stereocenters. The summed E-state index contributed by atoms with van der Waals surface area (Å²) >= 11 is 0. The Morgan fingerprint density at radius 1 is 0.333 bits per heavy atom. The van der Waals surface area contributed by atoms with E-state index in [1.165, 1.54) is 140 Å². The Balaban J connectivity index is 0. The van der Waals surface area contributed by atoms with Crippen LogP contribution in [-0.4, -0.2) is 39.1 Å². The van der Waals surface area contributed by atoms with Gasteiger partial charge in [0.25, 0.3) is 0 Å². The first kappa shape index (κ1) is 29.2. The van der Waals surface area contributed by atoms with Gasteiger partial charge in [-0.3, -0.25) is 0 Å². The first-order chi connectivity index (χ1) is 12.7. The average Bonchev–Trinajstić information content (AvgIpc) is 2.63. The molecule has 0 saturated carbocycles. The van der Waals surface area contributed by atoms with Crippen LogP contribution < -0.4 is 0 Å². The number of hydrogen-bond acceptors (Lipinski definition) is 0. The third kappa shape index (κ3) is 17.8. The van der Waals surface area contributed by atoms with Crippen molar-refractivity contribution in [2.75, 3.05) is 26.2 Å². The standard InChI is InChI=1S/C25H54N.B/c1-5-9-10-11-12-13-14-15-16-17-18-19-20-21-25-26(22-6-2,23-7-3)24-8-4;/h5-25H2,1-4H3;/q+1;-1. The Morgan fingerprint density at radius 2 is 0.630 bits per heavy atom. The van der Waals surface area contributed by atoms with E-state index in [4.69, 9.17) is 0 Å². The van der Waals surface area contributed by atoms with E-state index in [-0.39, 0.29) is 8.41 Å². The Labute approximate surface area is 176 Å². The number of unbranched alkanes of at least 4 members (excludes halogenated alkanes) is 13. The van der Waals surface area contributed by atoms with Gasteiger partial charge in [-0.25, -0.2) is 0 Å². The fraction of sp³-hybridized carbons (Fsp3) is 1.00. The molecule has 0 amide bonds. The van der Waals surface area contributed by atoms with Gasteiger partial charge in [0, 0.05) is 0 Å². The fourth-order valence-electron chi connectivity index (χ4n) is 4.74. The third-order valence-corrected chi connectivity index (χ3v) is 6.08. The zero-order valence-electron chi connectivity index (χ0n) is 19.9. The van der Waals surface area contributed by atoms with Gasteiger partial charge in [-0.15, -0.1) is 0 Å². The van der Waals surface area contributed by atoms with Crippen LogP contribution in [0.1, 0.15) is 137 Å². The van der Waals surface area contributed by atoms with Crippen LogP contribution in [0.5, 0.6) is 0 Å². The van der Waals surface area contributed by atoms with E-state index in [0.717, 1.165) is 0 Å². The second kappa shape index (κ2) is 22.3. The highest BCUT2D eigenvalue weighted by Gasteiger charge is 2.23. The van der Waals surface area contributed by atoms with Crippen molar-refractivity contribution in [3.63, 3.8) is 0 Å². The summed E-state index contributed by atoms with van der Waals surface area (Å²) in [5.41, 5.74) is 0. The van der Waals surface area contributed by atoms with Crippen LogP contribution in [0.3, 0.4) is 0 Å². The Hall–Kier alpha value is 0.0249. The molecule has 0 aliphatic heterocycles. The molecule has 0 fully saturated rings. The first-order valence-electron chi connectivity index (χ1n) is 12.6. The van der Waals surface area contributed by atoms with E-state index in [2.05, 4.69) is 27.7 Å². The molecular formula is C25H54BN. The topological polar surface area (TPSA) is 0 Å². The molecule has 0 bridgehead atoms. The largest absolute Gasteiger partial charge is 1.00 e.